The molecule has 0 aromatic heterocycles. The molecule has 0 bridgehead atoms. The molecular weight excluding hydrogens is 295 g/mol. The van der Waals surface area contributed by atoms with Crippen LogP contribution in [-0.4, -0.2) is 12.9 Å². The number of rotatable bonds is 4. The van der Waals surface area contributed by atoms with Gasteiger partial charge >= 0.3 is 0 Å². The van der Waals surface area contributed by atoms with Crippen LogP contribution in [0.1, 0.15) is 15.9 Å². The number of halogens is 2. The van der Waals surface area contributed by atoms with Crippen molar-refractivity contribution < 1.29 is 9.53 Å². The first kappa shape index (κ1) is 14.6. The molecule has 0 spiro atoms. The van der Waals surface area contributed by atoms with Crippen LogP contribution in [-0.2, 0) is 0 Å². The minimum atomic E-state index is -0.226. The van der Waals surface area contributed by atoms with Crippen LogP contribution < -0.4 is 4.74 Å². The second-order valence-corrected chi connectivity index (χ2v) is 4.88. The van der Waals surface area contributed by atoms with E-state index in [0.717, 1.165) is 11.3 Å². The Bertz CT molecular complexity index is 646. The topological polar surface area (TPSA) is 26.3 Å². The summed E-state index contributed by atoms with van der Waals surface area (Å²) in [5, 5.41) is 0.769. The molecule has 102 valence electrons. The summed E-state index contributed by atoms with van der Waals surface area (Å²) in [4.78, 5) is 12.1. The number of carbonyl (C=O) groups excluding carboxylic acids is 1. The van der Waals surface area contributed by atoms with Crippen LogP contribution in [0.15, 0.2) is 54.6 Å². The Balaban J connectivity index is 2.25. The fraction of sp³-hybridized carbons (Fsp3) is 0.0625. The van der Waals surface area contributed by atoms with Gasteiger partial charge < -0.3 is 4.74 Å². The van der Waals surface area contributed by atoms with E-state index in [-0.39, 0.29) is 5.78 Å². The predicted molar refractivity (Wildman–Crippen MR) is 82.6 cm³/mol. The van der Waals surface area contributed by atoms with Crippen molar-refractivity contribution in [2.45, 2.75) is 0 Å². The Morgan fingerprint density at radius 3 is 2.35 bits per heavy atom. The first-order chi connectivity index (χ1) is 9.61. The maximum Gasteiger partial charge on any atom is 0.188 e. The summed E-state index contributed by atoms with van der Waals surface area (Å²) in [6, 6.07) is 14.0. The molecule has 2 rings (SSSR count). The molecule has 0 unspecified atom stereocenters. The molecule has 0 aliphatic carbocycles. The van der Waals surface area contributed by atoms with Crippen LogP contribution in [0.4, 0.5) is 0 Å². The zero-order valence-electron chi connectivity index (χ0n) is 10.8. The molecule has 20 heavy (non-hydrogen) atoms. The van der Waals surface area contributed by atoms with E-state index in [1.807, 2.05) is 0 Å². The first-order valence-electron chi connectivity index (χ1n) is 5.92. The number of hydrogen-bond acceptors (Lipinski definition) is 2. The van der Waals surface area contributed by atoms with Crippen molar-refractivity contribution >= 4 is 34.0 Å². The van der Waals surface area contributed by atoms with Gasteiger partial charge in [0.05, 0.1) is 17.2 Å². The van der Waals surface area contributed by atoms with E-state index in [9.17, 15) is 4.79 Å². The number of allylic oxidation sites excluding steroid dienone is 1. The van der Waals surface area contributed by atoms with Gasteiger partial charge in [0.15, 0.2) is 5.78 Å². The lowest BCUT2D eigenvalue weighted by Crippen LogP contribution is -1.96. The summed E-state index contributed by atoms with van der Waals surface area (Å²) in [5.41, 5.74) is 1.17. The number of ether oxygens (including phenoxy) is 1. The molecule has 0 amide bonds. The summed E-state index contributed by atoms with van der Waals surface area (Å²) in [7, 11) is 1.59. The molecule has 0 atom stereocenters. The average molecular weight is 307 g/mol. The van der Waals surface area contributed by atoms with Crippen molar-refractivity contribution in [3.63, 3.8) is 0 Å². The van der Waals surface area contributed by atoms with Gasteiger partial charge in [0.25, 0.3) is 0 Å². The van der Waals surface area contributed by atoms with Gasteiger partial charge in [-0.3, -0.25) is 4.79 Å². The van der Waals surface area contributed by atoms with Crippen molar-refractivity contribution in [1.29, 1.82) is 0 Å². The molecule has 0 radical (unpaired) electrons. The van der Waals surface area contributed by atoms with E-state index in [0.29, 0.717) is 15.6 Å². The Labute approximate surface area is 127 Å². The lowest BCUT2D eigenvalue weighted by atomic mass is 10.1. The quantitative estimate of drug-likeness (QED) is 0.598. The Hall–Kier alpha value is -1.77. The monoisotopic (exact) mass is 306 g/mol. The Kier molecular flexibility index (Phi) is 4.83. The molecule has 0 saturated heterocycles. The van der Waals surface area contributed by atoms with Gasteiger partial charge in [0.1, 0.15) is 5.75 Å². The summed E-state index contributed by atoms with van der Waals surface area (Å²) in [6.45, 7) is 0. The maximum absolute atomic E-state index is 12.1. The lowest BCUT2D eigenvalue weighted by Gasteiger charge is -2.03. The molecular formula is C16H12Cl2O2. The van der Waals surface area contributed by atoms with Crippen molar-refractivity contribution in [2.75, 3.05) is 7.11 Å². The third-order valence-electron chi connectivity index (χ3n) is 2.76. The van der Waals surface area contributed by atoms with E-state index < -0.39 is 0 Å². The molecule has 2 nitrogen and oxygen atoms in total. The van der Waals surface area contributed by atoms with Crippen LogP contribution in [0.3, 0.4) is 0 Å². The minimum Gasteiger partial charge on any atom is -0.497 e. The molecule has 0 aliphatic rings. The molecule has 0 fully saturated rings. The van der Waals surface area contributed by atoms with Crippen molar-refractivity contribution in [3.05, 3.63) is 70.8 Å². The van der Waals surface area contributed by atoms with E-state index in [1.54, 1.807) is 55.6 Å². The van der Waals surface area contributed by atoms with Gasteiger partial charge in [0.2, 0.25) is 0 Å². The average Bonchev–Trinajstić information content (AvgIpc) is 2.47. The zero-order valence-corrected chi connectivity index (χ0v) is 12.3. The highest BCUT2D eigenvalue weighted by Gasteiger charge is 2.09. The SMILES string of the molecule is COc1ccc(/C(Cl)=C/C(=O)c2ccccc2Cl)cc1. The minimum absolute atomic E-state index is 0.226. The fourth-order valence-corrected chi connectivity index (χ4v) is 2.14. The van der Waals surface area contributed by atoms with Gasteiger partial charge in [-0.1, -0.05) is 35.3 Å². The van der Waals surface area contributed by atoms with Crippen LogP contribution >= 0.6 is 23.2 Å². The van der Waals surface area contributed by atoms with E-state index >= 15 is 0 Å². The second kappa shape index (κ2) is 6.60. The summed E-state index contributed by atoms with van der Waals surface area (Å²) in [6.07, 6.45) is 1.37. The largest absolute Gasteiger partial charge is 0.497 e. The second-order valence-electron chi connectivity index (χ2n) is 4.06. The molecule has 0 saturated carbocycles. The standard InChI is InChI=1S/C16H12Cl2O2/c1-20-12-8-6-11(7-9-12)15(18)10-16(19)13-4-2-3-5-14(13)17/h2-10H,1H3/b15-10-. The Morgan fingerprint density at radius 2 is 1.75 bits per heavy atom. The highest BCUT2D eigenvalue weighted by Crippen LogP contribution is 2.24. The summed E-state index contributed by atoms with van der Waals surface area (Å²) >= 11 is 12.1. The zero-order chi connectivity index (χ0) is 14.5. The van der Waals surface area contributed by atoms with Crippen molar-refractivity contribution in [1.82, 2.24) is 0 Å². The molecule has 0 aliphatic heterocycles. The van der Waals surface area contributed by atoms with Crippen molar-refractivity contribution in [2.24, 2.45) is 0 Å². The first-order valence-corrected chi connectivity index (χ1v) is 6.68. The molecule has 2 aromatic carbocycles. The van der Waals surface area contributed by atoms with E-state index in [1.165, 1.54) is 6.08 Å². The van der Waals surface area contributed by atoms with Crippen LogP contribution in [0, 0.1) is 0 Å². The number of benzene rings is 2. The number of ketones is 1. The highest BCUT2D eigenvalue weighted by molar-refractivity contribution is 6.50. The molecule has 0 heterocycles. The van der Waals surface area contributed by atoms with Crippen LogP contribution in [0.5, 0.6) is 5.75 Å². The molecule has 4 heteroatoms. The van der Waals surface area contributed by atoms with Crippen LogP contribution in [0.2, 0.25) is 5.02 Å². The third-order valence-corrected chi connectivity index (χ3v) is 3.42. The van der Waals surface area contributed by atoms with Gasteiger partial charge in [0, 0.05) is 11.6 Å². The van der Waals surface area contributed by atoms with E-state index in [4.69, 9.17) is 27.9 Å². The van der Waals surface area contributed by atoms with Gasteiger partial charge in [-0.05, 0) is 42.0 Å². The number of carbonyl (C=O) groups is 1. The normalized spacial score (nSPS) is 11.2. The maximum atomic E-state index is 12.1. The summed E-state index contributed by atoms with van der Waals surface area (Å²) < 4.78 is 5.07. The van der Waals surface area contributed by atoms with Crippen molar-refractivity contribution in [3.8, 4) is 5.75 Å². The molecule has 0 N–H and O–H groups in total. The highest BCUT2D eigenvalue weighted by atomic mass is 35.5. The number of methoxy groups -OCH3 is 1. The Morgan fingerprint density at radius 1 is 1.10 bits per heavy atom. The summed E-state index contributed by atoms with van der Waals surface area (Å²) in [5.74, 6) is 0.507. The van der Waals surface area contributed by atoms with Gasteiger partial charge in [-0.2, -0.15) is 0 Å². The lowest BCUT2D eigenvalue weighted by molar-refractivity contribution is 0.104. The van der Waals surface area contributed by atoms with Gasteiger partial charge in [-0.25, -0.2) is 0 Å². The fourth-order valence-electron chi connectivity index (χ4n) is 1.69. The number of hydrogen-bond donors (Lipinski definition) is 0. The smallest absolute Gasteiger partial charge is 0.188 e. The van der Waals surface area contributed by atoms with E-state index in [2.05, 4.69) is 0 Å². The predicted octanol–water partition coefficient (Wildman–Crippen LogP) is 4.81. The van der Waals surface area contributed by atoms with Gasteiger partial charge in [-0.15, -0.1) is 0 Å². The van der Waals surface area contributed by atoms with Crippen LogP contribution in [0.25, 0.3) is 5.03 Å². The third kappa shape index (κ3) is 3.41. The molecule has 2 aromatic rings.